The van der Waals surface area contributed by atoms with Gasteiger partial charge in [-0.05, 0) is 0 Å². The number of aliphatic carboxylic acids is 1. The highest BCUT2D eigenvalue weighted by atomic mass is 32.2. The maximum Gasteiger partial charge on any atom is 0.321 e. The lowest BCUT2D eigenvalue weighted by Gasteiger charge is -2.06. The molecule has 1 amide bonds. The van der Waals surface area contributed by atoms with Crippen LogP contribution in [0.1, 0.15) is 13.3 Å². The predicted octanol–water partition coefficient (Wildman–Crippen LogP) is -1.41. The van der Waals surface area contributed by atoms with E-state index in [4.69, 9.17) is 10.8 Å². The van der Waals surface area contributed by atoms with Gasteiger partial charge in [0, 0.05) is 6.42 Å². The Labute approximate surface area is 78.1 Å². The van der Waals surface area contributed by atoms with Gasteiger partial charge in [-0.3, -0.25) is 14.3 Å². The summed E-state index contributed by atoms with van der Waals surface area (Å²) in [7, 11) is -1.71. The standard InChI is InChI=1S/C6H12N2O4S/c1-2-5(9)8-13(12)3-4(7)6(10)11/h4H,2-3,7H2,1H3,(H,8,9)(H,10,11)/t4-,13?/m0/s1. The Kier molecular flexibility index (Phi) is 5.24. The Morgan fingerprint density at radius 2 is 2.15 bits per heavy atom. The van der Waals surface area contributed by atoms with Crippen LogP contribution in [0.2, 0.25) is 0 Å². The van der Waals surface area contributed by atoms with Crippen LogP contribution in [0.4, 0.5) is 0 Å². The lowest BCUT2D eigenvalue weighted by molar-refractivity contribution is -0.138. The second-order valence-corrected chi connectivity index (χ2v) is 3.56. The van der Waals surface area contributed by atoms with Crippen molar-refractivity contribution in [1.82, 2.24) is 4.72 Å². The molecule has 0 heterocycles. The van der Waals surface area contributed by atoms with Crippen LogP contribution in [0, 0.1) is 0 Å². The molecule has 4 N–H and O–H groups in total. The van der Waals surface area contributed by atoms with E-state index in [-0.39, 0.29) is 12.2 Å². The predicted molar refractivity (Wildman–Crippen MR) is 47.1 cm³/mol. The number of nitrogens with two attached hydrogens (primary N) is 1. The van der Waals surface area contributed by atoms with Gasteiger partial charge >= 0.3 is 5.97 Å². The Morgan fingerprint density at radius 1 is 1.62 bits per heavy atom. The van der Waals surface area contributed by atoms with Gasteiger partial charge in [0.1, 0.15) is 17.0 Å². The number of hydrogen-bond acceptors (Lipinski definition) is 4. The van der Waals surface area contributed by atoms with Crippen LogP contribution in [0.5, 0.6) is 0 Å². The fourth-order valence-corrected chi connectivity index (χ4v) is 1.43. The molecule has 0 saturated heterocycles. The average Bonchev–Trinajstić information content (AvgIpc) is 2.03. The van der Waals surface area contributed by atoms with Crippen LogP contribution in [0.25, 0.3) is 0 Å². The smallest absolute Gasteiger partial charge is 0.321 e. The number of carboxylic acid groups (broad SMARTS) is 1. The van der Waals surface area contributed by atoms with Gasteiger partial charge in [0.15, 0.2) is 0 Å². The van der Waals surface area contributed by atoms with Crippen LogP contribution in [0.3, 0.4) is 0 Å². The van der Waals surface area contributed by atoms with E-state index in [1.165, 1.54) is 0 Å². The SMILES string of the molecule is CCC(=O)NS(=O)C[C@H](N)C(=O)O. The van der Waals surface area contributed by atoms with Crippen molar-refractivity contribution in [1.29, 1.82) is 0 Å². The van der Waals surface area contributed by atoms with Crippen molar-refractivity contribution in [2.24, 2.45) is 5.73 Å². The third-order valence-corrected chi connectivity index (χ3v) is 2.31. The van der Waals surface area contributed by atoms with E-state index in [0.717, 1.165) is 0 Å². The fourth-order valence-electron chi connectivity index (χ4n) is 0.475. The summed E-state index contributed by atoms with van der Waals surface area (Å²) in [5.74, 6) is -1.91. The molecule has 0 rings (SSSR count). The number of amides is 1. The molecule has 0 aromatic carbocycles. The van der Waals surface area contributed by atoms with Crippen molar-refractivity contribution in [2.45, 2.75) is 19.4 Å². The summed E-state index contributed by atoms with van der Waals surface area (Å²) in [6, 6.07) is -1.21. The number of carbonyl (C=O) groups excluding carboxylic acids is 1. The summed E-state index contributed by atoms with van der Waals surface area (Å²) in [6.07, 6.45) is 0.202. The van der Waals surface area contributed by atoms with E-state index in [1.54, 1.807) is 6.92 Å². The van der Waals surface area contributed by atoms with E-state index in [2.05, 4.69) is 4.72 Å². The average molecular weight is 208 g/mol. The first kappa shape index (κ1) is 12.0. The lowest BCUT2D eigenvalue weighted by atomic mass is 10.4. The summed E-state index contributed by atoms with van der Waals surface area (Å²) in [4.78, 5) is 20.9. The highest BCUT2D eigenvalue weighted by molar-refractivity contribution is 7.83. The normalized spacial score (nSPS) is 14.6. The molecule has 0 spiro atoms. The molecule has 0 aromatic heterocycles. The van der Waals surface area contributed by atoms with Crippen LogP contribution < -0.4 is 10.5 Å². The number of carboxylic acids is 1. The molecule has 0 saturated carbocycles. The van der Waals surface area contributed by atoms with Gasteiger partial charge in [0.2, 0.25) is 5.91 Å². The van der Waals surface area contributed by atoms with E-state index in [9.17, 15) is 13.8 Å². The minimum Gasteiger partial charge on any atom is -0.480 e. The molecule has 0 fully saturated rings. The van der Waals surface area contributed by atoms with Crippen molar-refractivity contribution >= 4 is 22.9 Å². The number of nitrogens with one attached hydrogen (secondary N) is 1. The van der Waals surface area contributed by atoms with Gasteiger partial charge in [0.25, 0.3) is 0 Å². The van der Waals surface area contributed by atoms with Gasteiger partial charge < -0.3 is 10.8 Å². The van der Waals surface area contributed by atoms with Gasteiger partial charge in [-0.25, -0.2) is 4.21 Å². The Balaban J connectivity index is 3.88. The zero-order valence-electron chi connectivity index (χ0n) is 7.15. The van der Waals surface area contributed by atoms with Crippen molar-refractivity contribution in [3.8, 4) is 0 Å². The highest BCUT2D eigenvalue weighted by Crippen LogP contribution is 1.85. The second kappa shape index (κ2) is 5.65. The molecule has 0 aliphatic heterocycles. The topological polar surface area (TPSA) is 109 Å². The molecule has 1 unspecified atom stereocenters. The minimum absolute atomic E-state index is 0.202. The molecule has 0 aliphatic rings. The zero-order chi connectivity index (χ0) is 10.4. The largest absolute Gasteiger partial charge is 0.480 e. The van der Waals surface area contributed by atoms with Crippen molar-refractivity contribution in [2.75, 3.05) is 5.75 Å². The molecule has 76 valence electrons. The molecule has 0 radical (unpaired) electrons. The molecule has 2 atom stereocenters. The van der Waals surface area contributed by atoms with Crippen LogP contribution >= 0.6 is 0 Å². The summed E-state index contributed by atoms with van der Waals surface area (Å²) in [5.41, 5.74) is 5.09. The maximum absolute atomic E-state index is 11.0. The monoisotopic (exact) mass is 208 g/mol. The maximum atomic E-state index is 11.0. The summed E-state index contributed by atoms with van der Waals surface area (Å²) >= 11 is 0. The summed E-state index contributed by atoms with van der Waals surface area (Å²) in [6.45, 7) is 1.60. The Morgan fingerprint density at radius 3 is 2.54 bits per heavy atom. The summed E-state index contributed by atoms with van der Waals surface area (Å²) < 4.78 is 13.1. The third-order valence-electron chi connectivity index (χ3n) is 1.20. The zero-order valence-corrected chi connectivity index (χ0v) is 7.97. The molecular formula is C6H12N2O4S. The first-order valence-corrected chi connectivity index (χ1v) is 4.95. The van der Waals surface area contributed by atoms with E-state index >= 15 is 0 Å². The minimum atomic E-state index is -1.71. The quantitative estimate of drug-likeness (QED) is 0.514. The first-order chi connectivity index (χ1) is 5.97. The van der Waals surface area contributed by atoms with E-state index in [1.807, 2.05) is 0 Å². The lowest BCUT2D eigenvalue weighted by Crippen LogP contribution is -2.40. The highest BCUT2D eigenvalue weighted by Gasteiger charge is 2.16. The van der Waals surface area contributed by atoms with Gasteiger partial charge in [-0.15, -0.1) is 0 Å². The fraction of sp³-hybridized carbons (Fsp3) is 0.667. The Hall–Kier alpha value is -0.950. The molecule has 7 heteroatoms. The van der Waals surface area contributed by atoms with Crippen LogP contribution in [-0.2, 0) is 20.6 Å². The first-order valence-electron chi connectivity index (χ1n) is 3.63. The number of hydrogen-bond donors (Lipinski definition) is 3. The van der Waals surface area contributed by atoms with E-state index < -0.39 is 28.9 Å². The van der Waals surface area contributed by atoms with Gasteiger partial charge in [-0.1, -0.05) is 6.92 Å². The van der Waals surface area contributed by atoms with Crippen LogP contribution in [-0.4, -0.2) is 33.0 Å². The second-order valence-electron chi connectivity index (χ2n) is 2.34. The van der Waals surface area contributed by atoms with Crippen molar-refractivity contribution < 1.29 is 18.9 Å². The molecular weight excluding hydrogens is 196 g/mol. The molecule has 0 aliphatic carbocycles. The van der Waals surface area contributed by atoms with Crippen LogP contribution in [0.15, 0.2) is 0 Å². The van der Waals surface area contributed by atoms with Crippen molar-refractivity contribution in [3.63, 3.8) is 0 Å². The summed E-state index contributed by atoms with van der Waals surface area (Å²) in [5, 5.41) is 8.35. The van der Waals surface area contributed by atoms with Crippen molar-refractivity contribution in [3.05, 3.63) is 0 Å². The van der Waals surface area contributed by atoms with Gasteiger partial charge in [0.05, 0.1) is 5.75 Å². The molecule has 0 bridgehead atoms. The Bertz CT molecular complexity index is 231. The third kappa shape index (κ3) is 5.31. The number of rotatable bonds is 5. The molecule has 13 heavy (non-hydrogen) atoms. The molecule has 6 nitrogen and oxygen atoms in total. The number of carbonyl (C=O) groups is 2. The molecule has 0 aromatic rings. The van der Waals surface area contributed by atoms with E-state index in [0.29, 0.717) is 0 Å². The van der Waals surface area contributed by atoms with Gasteiger partial charge in [-0.2, -0.15) is 0 Å².